The molecule has 224 valence electrons. The van der Waals surface area contributed by atoms with Crippen molar-refractivity contribution >= 4 is 35.0 Å². The van der Waals surface area contributed by atoms with E-state index in [1.807, 2.05) is 79.7 Å². The predicted octanol–water partition coefficient (Wildman–Crippen LogP) is 5.90. The first-order valence-corrected chi connectivity index (χ1v) is 15.5. The van der Waals surface area contributed by atoms with Crippen molar-refractivity contribution in [3.8, 4) is 5.75 Å². The smallest absolute Gasteiger partial charge is 0.255 e. The molecule has 0 bridgehead atoms. The summed E-state index contributed by atoms with van der Waals surface area (Å²) >= 11 is 7.97. The number of carbonyl (C=O) groups excluding carboxylic acids is 1. The highest BCUT2D eigenvalue weighted by Gasteiger charge is 2.44. The molecule has 9 heteroatoms. The van der Waals surface area contributed by atoms with Crippen LogP contribution in [0.3, 0.4) is 0 Å². The van der Waals surface area contributed by atoms with Crippen molar-refractivity contribution in [3.63, 3.8) is 0 Å². The molecule has 0 spiro atoms. The third kappa shape index (κ3) is 7.78. The second-order valence-corrected chi connectivity index (χ2v) is 11.8. The van der Waals surface area contributed by atoms with E-state index >= 15 is 0 Å². The Hall–Kier alpha value is -3.37. The van der Waals surface area contributed by atoms with E-state index in [1.165, 1.54) is 11.8 Å². The number of aliphatic hydroxyl groups excluding tert-OH is 3. The molecule has 4 aromatic rings. The van der Waals surface area contributed by atoms with E-state index in [4.69, 9.17) is 21.1 Å². The number of benzene rings is 4. The molecule has 1 aliphatic heterocycles. The van der Waals surface area contributed by atoms with Crippen LogP contribution in [-0.4, -0.2) is 58.0 Å². The van der Waals surface area contributed by atoms with Gasteiger partial charge in [0.25, 0.3) is 5.91 Å². The van der Waals surface area contributed by atoms with Gasteiger partial charge in [0.05, 0.1) is 12.7 Å². The van der Waals surface area contributed by atoms with Crippen LogP contribution in [0.25, 0.3) is 0 Å². The normalized spacial score (nSPS) is 21.7. The van der Waals surface area contributed by atoms with E-state index in [2.05, 4.69) is 5.32 Å². The van der Waals surface area contributed by atoms with Crippen molar-refractivity contribution < 1.29 is 29.6 Å². The van der Waals surface area contributed by atoms with Gasteiger partial charge in [0.2, 0.25) is 0 Å². The van der Waals surface area contributed by atoms with Crippen LogP contribution >= 0.6 is 23.4 Å². The summed E-state index contributed by atoms with van der Waals surface area (Å²) in [6, 6.07) is 29.5. The van der Waals surface area contributed by atoms with Crippen molar-refractivity contribution in [1.82, 2.24) is 0 Å². The van der Waals surface area contributed by atoms with Crippen molar-refractivity contribution in [1.29, 1.82) is 0 Å². The maximum absolute atomic E-state index is 12.4. The first-order valence-electron chi connectivity index (χ1n) is 14.1. The molecule has 0 radical (unpaired) electrons. The average Bonchev–Trinajstić information content (AvgIpc) is 3.03. The lowest BCUT2D eigenvalue weighted by molar-refractivity contribution is -0.218. The molecule has 0 aliphatic carbocycles. The number of ether oxygens (including phenoxy) is 2. The van der Waals surface area contributed by atoms with Crippen LogP contribution in [0.15, 0.2) is 102 Å². The fourth-order valence-electron chi connectivity index (χ4n) is 4.97. The molecule has 0 aromatic heterocycles. The van der Waals surface area contributed by atoms with Crippen molar-refractivity contribution in [2.45, 2.75) is 48.8 Å². The Kier molecular flexibility index (Phi) is 10.4. The van der Waals surface area contributed by atoms with Gasteiger partial charge in [-0.1, -0.05) is 54.1 Å². The highest BCUT2D eigenvalue weighted by molar-refractivity contribution is 7.99. The summed E-state index contributed by atoms with van der Waals surface area (Å²) in [6.45, 7) is 2.53. The molecule has 1 heterocycles. The molecule has 7 nitrogen and oxygen atoms in total. The van der Waals surface area contributed by atoms with Gasteiger partial charge in [-0.05, 0) is 84.6 Å². The zero-order chi connectivity index (χ0) is 30.3. The number of aliphatic hydroxyl groups is 3. The zero-order valence-corrected chi connectivity index (χ0v) is 25.2. The van der Waals surface area contributed by atoms with Gasteiger partial charge in [-0.15, -0.1) is 11.8 Å². The predicted molar refractivity (Wildman–Crippen MR) is 169 cm³/mol. The fourth-order valence-corrected chi connectivity index (χ4v) is 6.11. The van der Waals surface area contributed by atoms with Gasteiger partial charge >= 0.3 is 0 Å². The average molecular weight is 620 g/mol. The van der Waals surface area contributed by atoms with Crippen LogP contribution in [0.5, 0.6) is 5.75 Å². The third-order valence-corrected chi connectivity index (χ3v) is 8.77. The molecule has 0 unspecified atom stereocenters. The SMILES string of the molecule is CCOc1ccc(Cc2cc([C@@H]3O[C@H](CSc4ccc(NC(=O)c5ccccc5)cc4)[C@@H](O)[C@H](O)[C@H]3O)ccc2Cl)cc1. The molecule has 1 aliphatic rings. The van der Waals surface area contributed by atoms with Crippen LogP contribution in [0.2, 0.25) is 5.02 Å². The summed E-state index contributed by atoms with van der Waals surface area (Å²) in [5.74, 6) is 0.944. The summed E-state index contributed by atoms with van der Waals surface area (Å²) in [6.07, 6.45) is -4.99. The molecule has 4 aromatic carbocycles. The molecular weight excluding hydrogens is 586 g/mol. The number of carbonyl (C=O) groups is 1. The molecular formula is C34H34ClNO6S. The summed E-state index contributed by atoms with van der Waals surface area (Å²) in [5, 5.41) is 35.8. The number of amides is 1. The number of hydrogen-bond donors (Lipinski definition) is 4. The molecule has 5 atom stereocenters. The summed E-state index contributed by atoms with van der Waals surface area (Å²) in [7, 11) is 0. The van der Waals surface area contributed by atoms with Crippen LogP contribution in [0, 0.1) is 0 Å². The Morgan fingerprint density at radius 1 is 0.907 bits per heavy atom. The minimum atomic E-state index is -1.38. The third-order valence-electron chi connectivity index (χ3n) is 7.30. The Labute approximate surface area is 260 Å². The molecule has 5 rings (SSSR count). The van der Waals surface area contributed by atoms with Crippen LogP contribution in [0.1, 0.15) is 40.1 Å². The number of hydrogen-bond acceptors (Lipinski definition) is 7. The maximum Gasteiger partial charge on any atom is 0.255 e. The summed E-state index contributed by atoms with van der Waals surface area (Å²) in [5.41, 5.74) is 3.80. The Balaban J connectivity index is 1.23. The number of rotatable bonds is 10. The monoisotopic (exact) mass is 619 g/mol. The highest BCUT2D eigenvalue weighted by atomic mass is 35.5. The quantitative estimate of drug-likeness (QED) is 0.164. The van der Waals surface area contributed by atoms with Crippen LogP contribution < -0.4 is 10.1 Å². The van der Waals surface area contributed by atoms with E-state index in [1.54, 1.807) is 24.3 Å². The van der Waals surface area contributed by atoms with Crippen molar-refractivity contribution in [3.05, 3.63) is 124 Å². The molecule has 1 saturated heterocycles. The van der Waals surface area contributed by atoms with Gasteiger partial charge < -0.3 is 30.1 Å². The first kappa shape index (κ1) is 31.1. The second kappa shape index (κ2) is 14.4. The highest BCUT2D eigenvalue weighted by Crippen LogP contribution is 2.36. The van der Waals surface area contributed by atoms with Gasteiger partial charge in [-0.25, -0.2) is 0 Å². The lowest BCUT2D eigenvalue weighted by atomic mass is 9.90. The maximum atomic E-state index is 12.4. The second-order valence-electron chi connectivity index (χ2n) is 10.3. The van der Waals surface area contributed by atoms with Gasteiger partial charge in [-0.2, -0.15) is 0 Å². The Morgan fingerprint density at radius 3 is 2.33 bits per heavy atom. The summed E-state index contributed by atoms with van der Waals surface area (Å²) in [4.78, 5) is 13.3. The van der Waals surface area contributed by atoms with E-state index in [-0.39, 0.29) is 5.91 Å². The fraction of sp³-hybridized carbons (Fsp3) is 0.265. The van der Waals surface area contributed by atoms with E-state index < -0.39 is 30.5 Å². The first-order chi connectivity index (χ1) is 20.8. The molecule has 0 saturated carbocycles. The molecule has 4 N–H and O–H groups in total. The van der Waals surface area contributed by atoms with E-state index in [0.29, 0.717) is 40.6 Å². The zero-order valence-electron chi connectivity index (χ0n) is 23.6. The van der Waals surface area contributed by atoms with Crippen molar-refractivity contribution in [2.24, 2.45) is 0 Å². The Bertz CT molecular complexity index is 1500. The van der Waals surface area contributed by atoms with Crippen LogP contribution in [-0.2, 0) is 11.2 Å². The molecule has 1 amide bonds. The lowest BCUT2D eigenvalue weighted by Crippen LogP contribution is -2.54. The molecule has 1 fully saturated rings. The Morgan fingerprint density at radius 2 is 1.63 bits per heavy atom. The van der Waals surface area contributed by atoms with Gasteiger partial charge in [0.1, 0.15) is 30.2 Å². The topological polar surface area (TPSA) is 108 Å². The largest absolute Gasteiger partial charge is 0.494 e. The minimum absolute atomic E-state index is 0.192. The standard InChI is InChI=1S/C34H34ClNO6S/c1-2-41-26-13-8-21(9-14-26)18-24-19-23(10-17-28(24)35)33-32(39)31(38)30(37)29(42-33)20-43-27-15-11-25(12-16-27)36-34(40)22-6-4-3-5-7-22/h3-17,19,29-33,37-39H,2,18,20H2,1H3,(H,36,40)/t29-,30-,31+,32-,33+/m1/s1. The molecule has 43 heavy (non-hydrogen) atoms. The van der Waals surface area contributed by atoms with Gasteiger partial charge in [0, 0.05) is 26.9 Å². The van der Waals surface area contributed by atoms with E-state index in [9.17, 15) is 20.1 Å². The number of anilines is 1. The van der Waals surface area contributed by atoms with Gasteiger partial charge in [-0.3, -0.25) is 4.79 Å². The van der Waals surface area contributed by atoms with Gasteiger partial charge in [0.15, 0.2) is 0 Å². The lowest BCUT2D eigenvalue weighted by Gasteiger charge is -2.41. The van der Waals surface area contributed by atoms with Crippen molar-refractivity contribution in [2.75, 3.05) is 17.7 Å². The van der Waals surface area contributed by atoms with E-state index in [0.717, 1.165) is 21.8 Å². The number of nitrogens with one attached hydrogen (secondary N) is 1. The van der Waals surface area contributed by atoms with Crippen LogP contribution in [0.4, 0.5) is 5.69 Å². The number of thioether (sulfide) groups is 1. The number of halogens is 1. The summed E-state index contributed by atoms with van der Waals surface area (Å²) < 4.78 is 11.7. The minimum Gasteiger partial charge on any atom is -0.494 e.